The number of aryl methyl sites for hydroxylation is 1. The number of hydrogen-bond donors (Lipinski definition) is 2. The maximum Gasteiger partial charge on any atom is 0.225 e. The van der Waals surface area contributed by atoms with Gasteiger partial charge in [-0.2, -0.15) is 4.98 Å². The summed E-state index contributed by atoms with van der Waals surface area (Å²) in [5.74, 6) is 1.39. The molecule has 3 heterocycles. The number of aromatic nitrogens is 3. The number of benzene rings is 1. The number of likely N-dealkylation sites (N-methyl/N-ethyl adjacent to an activating group) is 1. The molecule has 1 saturated heterocycles. The Kier molecular flexibility index (Phi) is 5.86. The molecule has 0 atom stereocenters. The molecule has 2 aromatic heterocycles. The molecule has 0 unspecified atom stereocenters. The van der Waals surface area contributed by atoms with Gasteiger partial charge >= 0.3 is 0 Å². The van der Waals surface area contributed by atoms with Crippen LogP contribution in [0.15, 0.2) is 54.9 Å². The molecule has 1 aliphatic rings. The van der Waals surface area contributed by atoms with Gasteiger partial charge in [0.2, 0.25) is 5.95 Å². The second kappa shape index (κ2) is 8.87. The molecule has 1 aliphatic heterocycles. The highest BCUT2D eigenvalue weighted by atomic mass is 15.2. The number of nitrogens with one attached hydrogen (secondary N) is 2. The van der Waals surface area contributed by atoms with Crippen LogP contribution < -0.4 is 15.5 Å². The number of pyridine rings is 1. The molecule has 0 saturated carbocycles. The molecular formula is C22H27N7. The van der Waals surface area contributed by atoms with E-state index in [0.29, 0.717) is 12.5 Å². The third-order valence-electron chi connectivity index (χ3n) is 5.06. The standard InChI is InChI=1S/C22H27N7/c1-17-15-21(27-22(25-17)24-16-18-7-9-23-10-8-18)26-19-3-5-20(6-4-19)29-13-11-28(2)12-14-29/h3-10,15H,11-14,16H2,1-2H3,(H2,24,25,26,27). The van der Waals surface area contributed by atoms with E-state index in [4.69, 9.17) is 0 Å². The minimum absolute atomic E-state index is 0.610. The van der Waals surface area contributed by atoms with Gasteiger partial charge in [-0.3, -0.25) is 4.98 Å². The van der Waals surface area contributed by atoms with Crippen LogP contribution >= 0.6 is 0 Å². The smallest absolute Gasteiger partial charge is 0.225 e. The Morgan fingerprint density at radius 1 is 0.931 bits per heavy atom. The van der Waals surface area contributed by atoms with Gasteiger partial charge < -0.3 is 20.4 Å². The van der Waals surface area contributed by atoms with E-state index in [1.165, 1.54) is 5.69 Å². The van der Waals surface area contributed by atoms with Gasteiger partial charge in [-0.1, -0.05) is 0 Å². The first kappa shape index (κ1) is 19.1. The second-order valence-corrected chi connectivity index (χ2v) is 7.39. The Morgan fingerprint density at radius 2 is 1.66 bits per heavy atom. The average molecular weight is 390 g/mol. The van der Waals surface area contributed by atoms with Crippen LogP contribution in [0.25, 0.3) is 0 Å². The van der Waals surface area contributed by atoms with Crippen molar-refractivity contribution in [3.8, 4) is 0 Å². The Bertz CT molecular complexity index is 920. The van der Waals surface area contributed by atoms with Gasteiger partial charge in [0.1, 0.15) is 5.82 Å². The summed E-state index contributed by atoms with van der Waals surface area (Å²) in [5, 5.41) is 6.68. The van der Waals surface area contributed by atoms with Crippen molar-refractivity contribution in [1.29, 1.82) is 0 Å². The largest absolute Gasteiger partial charge is 0.369 e. The van der Waals surface area contributed by atoms with E-state index in [0.717, 1.165) is 48.9 Å². The summed E-state index contributed by atoms with van der Waals surface area (Å²) >= 11 is 0. The zero-order valence-electron chi connectivity index (χ0n) is 17.0. The van der Waals surface area contributed by atoms with E-state index in [-0.39, 0.29) is 0 Å². The molecule has 0 spiro atoms. The summed E-state index contributed by atoms with van der Waals surface area (Å²) in [4.78, 5) is 17.9. The molecule has 150 valence electrons. The molecule has 0 radical (unpaired) electrons. The number of anilines is 4. The van der Waals surface area contributed by atoms with Crippen LogP contribution in [0.1, 0.15) is 11.3 Å². The lowest BCUT2D eigenvalue weighted by Crippen LogP contribution is -2.44. The molecular weight excluding hydrogens is 362 g/mol. The summed E-state index contributed by atoms with van der Waals surface area (Å²) in [6.45, 7) is 6.98. The molecule has 7 heteroatoms. The Balaban J connectivity index is 1.40. The monoisotopic (exact) mass is 389 g/mol. The molecule has 3 aromatic rings. The average Bonchev–Trinajstić information content (AvgIpc) is 2.74. The number of rotatable bonds is 6. The van der Waals surface area contributed by atoms with E-state index in [2.05, 4.69) is 66.7 Å². The summed E-state index contributed by atoms with van der Waals surface area (Å²) in [5.41, 5.74) is 4.33. The second-order valence-electron chi connectivity index (χ2n) is 7.39. The zero-order valence-corrected chi connectivity index (χ0v) is 17.0. The van der Waals surface area contributed by atoms with Gasteiger partial charge in [0, 0.05) is 68.3 Å². The first-order valence-corrected chi connectivity index (χ1v) is 9.95. The third kappa shape index (κ3) is 5.20. The minimum Gasteiger partial charge on any atom is -0.369 e. The lowest BCUT2D eigenvalue weighted by molar-refractivity contribution is 0.313. The molecule has 1 fully saturated rings. The van der Waals surface area contributed by atoms with Crippen molar-refractivity contribution in [3.63, 3.8) is 0 Å². The highest BCUT2D eigenvalue weighted by molar-refractivity contribution is 5.61. The van der Waals surface area contributed by atoms with Crippen LogP contribution in [0.5, 0.6) is 0 Å². The fourth-order valence-electron chi connectivity index (χ4n) is 3.36. The van der Waals surface area contributed by atoms with Crippen LogP contribution in [0, 0.1) is 6.92 Å². The summed E-state index contributed by atoms with van der Waals surface area (Å²) in [7, 11) is 2.17. The lowest BCUT2D eigenvalue weighted by atomic mass is 10.2. The van der Waals surface area contributed by atoms with E-state index in [9.17, 15) is 0 Å². The highest BCUT2D eigenvalue weighted by Crippen LogP contribution is 2.22. The Hall–Kier alpha value is -3.19. The van der Waals surface area contributed by atoms with Crippen LogP contribution in [0.4, 0.5) is 23.1 Å². The van der Waals surface area contributed by atoms with Gasteiger partial charge in [-0.15, -0.1) is 0 Å². The van der Waals surface area contributed by atoms with Crippen LogP contribution in [-0.4, -0.2) is 53.1 Å². The Labute approximate surface area is 171 Å². The fraction of sp³-hybridized carbons (Fsp3) is 0.318. The maximum atomic E-state index is 4.60. The van der Waals surface area contributed by atoms with Gasteiger partial charge in [-0.05, 0) is 55.9 Å². The molecule has 7 nitrogen and oxygen atoms in total. The van der Waals surface area contributed by atoms with E-state index in [1.807, 2.05) is 25.1 Å². The number of hydrogen-bond acceptors (Lipinski definition) is 7. The highest BCUT2D eigenvalue weighted by Gasteiger charge is 2.14. The summed E-state index contributed by atoms with van der Waals surface area (Å²) < 4.78 is 0. The van der Waals surface area contributed by atoms with Gasteiger partial charge in [0.25, 0.3) is 0 Å². The normalized spacial score (nSPS) is 14.6. The van der Waals surface area contributed by atoms with Crippen LogP contribution in [-0.2, 0) is 6.54 Å². The minimum atomic E-state index is 0.610. The van der Waals surface area contributed by atoms with Crippen molar-refractivity contribution in [2.75, 3.05) is 48.8 Å². The predicted molar refractivity (Wildman–Crippen MR) is 118 cm³/mol. The quantitative estimate of drug-likeness (QED) is 0.670. The molecule has 0 aliphatic carbocycles. The van der Waals surface area contributed by atoms with Crippen LogP contribution in [0.3, 0.4) is 0 Å². The molecule has 0 amide bonds. The number of piperazine rings is 1. The molecule has 1 aromatic carbocycles. The SMILES string of the molecule is Cc1cc(Nc2ccc(N3CCN(C)CC3)cc2)nc(NCc2ccncc2)n1. The number of nitrogens with zero attached hydrogens (tertiary/aromatic N) is 5. The van der Waals surface area contributed by atoms with Crippen molar-refractivity contribution >= 4 is 23.1 Å². The summed E-state index contributed by atoms with van der Waals surface area (Å²) in [6, 6.07) is 14.5. The first-order chi connectivity index (χ1) is 14.2. The van der Waals surface area contributed by atoms with Gasteiger partial charge in [0.15, 0.2) is 0 Å². The maximum absolute atomic E-state index is 4.60. The predicted octanol–water partition coefficient (Wildman–Crippen LogP) is 3.29. The molecule has 0 bridgehead atoms. The van der Waals surface area contributed by atoms with Crippen molar-refractivity contribution in [3.05, 3.63) is 66.1 Å². The van der Waals surface area contributed by atoms with Gasteiger partial charge in [0.05, 0.1) is 0 Å². The molecule has 29 heavy (non-hydrogen) atoms. The van der Waals surface area contributed by atoms with E-state index in [1.54, 1.807) is 12.4 Å². The molecule has 2 N–H and O–H groups in total. The van der Waals surface area contributed by atoms with E-state index < -0.39 is 0 Å². The van der Waals surface area contributed by atoms with Crippen molar-refractivity contribution in [2.45, 2.75) is 13.5 Å². The van der Waals surface area contributed by atoms with Crippen molar-refractivity contribution in [1.82, 2.24) is 19.9 Å². The van der Waals surface area contributed by atoms with Crippen molar-refractivity contribution < 1.29 is 0 Å². The third-order valence-corrected chi connectivity index (χ3v) is 5.06. The van der Waals surface area contributed by atoms with Crippen molar-refractivity contribution in [2.24, 2.45) is 0 Å². The topological polar surface area (TPSA) is 69.2 Å². The fourth-order valence-corrected chi connectivity index (χ4v) is 3.36. The molecule has 4 rings (SSSR count). The lowest BCUT2D eigenvalue weighted by Gasteiger charge is -2.34. The zero-order chi connectivity index (χ0) is 20.1. The first-order valence-electron chi connectivity index (χ1n) is 9.95. The van der Waals surface area contributed by atoms with E-state index >= 15 is 0 Å². The van der Waals surface area contributed by atoms with Gasteiger partial charge in [-0.25, -0.2) is 4.98 Å². The van der Waals surface area contributed by atoms with Crippen LogP contribution in [0.2, 0.25) is 0 Å². The Morgan fingerprint density at radius 3 is 2.38 bits per heavy atom. The summed E-state index contributed by atoms with van der Waals surface area (Å²) in [6.07, 6.45) is 3.57.